The van der Waals surface area contributed by atoms with Crippen LogP contribution in [0, 0.1) is 0 Å². The lowest BCUT2D eigenvalue weighted by Gasteiger charge is -2.24. The molecule has 1 aromatic rings. The predicted molar refractivity (Wildman–Crippen MR) is 73.7 cm³/mol. The van der Waals surface area contributed by atoms with E-state index in [1.165, 1.54) is 30.7 Å². The highest BCUT2D eigenvalue weighted by Crippen LogP contribution is 2.20. The molecule has 0 amide bonds. The molecule has 1 aliphatic heterocycles. The third kappa shape index (κ3) is 4.21. The molecule has 0 radical (unpaired) electrons. The normalized spacial score (nSPS) is 20.3. The first-order valence-electron chi connectivity index (χ1n) is 6.34. The quantitative estimate of drug-likeness (QED) is 0.864. The van der Waals surface area contributed by atoms with Crippen molar-refractivity contribution in [2.24, 2.45) is 0 Å². The Kier molecular flexibility index (Phi) is 5.22. The van der Waals surface area contributed by atoms with Crippen LogP contribution in [0.15, 0.2) is 6.20 Å². The second kappa shape index (κ2) is 6.69. The topological polar surface area (TPSA) is 28.2 Å². The lowest BCUT2D eigenvalue weighted by atomic mass is 10.2. The van der Waals surface area contributed by atoms with Crippen molar-refractivity contribution in [2.45, 2.75) is 38.8 Å². The molecular formula is C12H20ClN3S. The minimum absolute atomic E-state index is 0.649. The summed E-state index contributed by atoms with van der Waals surface area (Å²) in [5.74, 6) is 0. The molecule has 2 rings (SSSR count). The summed E-state index contributed by atoms with van der Waals surface area (Å²) in [6.45, 7) is 6.68. The second-order valence-corrected chi connectivity index (χ2v) is 6.31. The zero-order chi connectivity index (χ0) is 12.1. The number of nitrogens with one attached hydrogen (secondary N) is 1. The van der Waals surface area contributed by atoms with Gasteiger partial charge in [0.05, 0.1) is 0 Å². The Morgan fingerprint density at radius 3 is 3.12 bits per heavy atom. The maximum absolute atomic E-state index is 5.87. The Labute approximate surface area is 112 Å². The van der Waals surface area contributed by atoms with Gasteiger partial charge >= 0.3 is 0 Å². The molecular weight excluding hydrogens is 254 g/mol. The van der Waals surface area contributed by atoms with Crippen molar-refractivity contribution in [3.05, 3.63) is 15.5 Å². The van der Waals surface area contributed by atoms with Gasteiger partial charge in [-0.05, 0) is 32.4 Å². The van der Waals surface area contributed by atoms with Crippen LogP contribution in [0.4, 0.5) is 0 Å². The van der Waals surface area contributed by atoms with Crippen molar-refractivity contribution < 1.29 is 0 Å². The molecule has 5 heteroatoms. The van der Waals surface area contributed by atoms with Crippen LogP contribution in [0.1, 0.15) is 31.1 Å². The summed E-state index contributed by atoms with van der Waals surface area (Å²) in [6, 6.07) is 0.671. The standard InChI is InChI=1S/C12H20ClN3S/c1-2-6-16(8-10-4-3-5-14-10)9-11-7-15-12(13)17-11/h7,10,14H,2-6,8-9H2,1H3. The highest BCUT2D eigenvalue weighted by molar-refractivity contribution is 7.15. The fourth-order valence-corrected chi connectivity index (χ4v) is 3.37. The minimum atomic E-state index is 0.649. The SMILES string of the molecule is CCCN(Cc1cnc(Cl)s1)CC1CCCN1. The summed E-state index contributed by atoms with van der Waals surface area (Å²) >= 11 is 7.46. The molecule has 1 aromatic heterocycles. The van der Waals surface area contributed by atoms with Gasteiger partial charge in [-0.3, -0.25) is 4.90 Å². The summed E-state index contributed by atoms with van der Waals surface area (Å²) in [6.07, 6.45) is 5.72. The first-order valence-corrected chi connectivity index (χ1v) is 7.53. The van der Waals surface area contributed by atoms with E-state index >= 15 is 0 Å². The van der Waals surface area contributed by atoms with Gasteiger partial charge in [0.15, 0.2) is 4.47 Å². The van der Waals surface area contributed by atoms with E-state index in [0.29, 0.717) is 10.5 Å². The first-order chi connectivity index (χ1) is 8.28. The Morgan fingerprint density at radius 2 is 2.53 bits per heavy atom. The average Bonchev–Trinajstić information content (AvgIpc) is 2.91. The van der Waals surface area contributed by atoms with Gasteiger partial charge in [0.2, 0.25) is 0 Å². The van der Waals surface area contributed by atoms with Crippen molar-refractivity contribution in [1.82, 2.24) is 15.2 Å². The summed E-state index contributed by atoms with van der Waals surface area (Å²) in [4.78, 5) is 7.88. The monoisotopic (exact) mass is 273 g/mol. The molecule has 0 aliphatic carbocycles. The van der Waals surface area contributed by atoms with Gasteiger partial charge in [-0.2, -0.15) is 0 Å². The van der Waals surface area contributed by atoms with Crippen molar-refractivity contribution in [3.8, 4) is 0 Å². The fourth-order valence-electron chi connectivity index (χ4n) is 2.35. The summed E-state index contributed by atoms with van der Waals surface area (Å²) in [5, 5.41) is 3.56. The van der Waals surface area contributed by atoms with Crippen molar-refractivity contribution >= 4 is 22.9 Å². The highest BCUT2D eigenvalue weighted by Gasteiger charge is 2.18. The summed E-state index contributed by atoms with van der Waals surface area (Å²) in [7, 11) is 0. The molecule has 0 spiro atoms. The number of hydrogen-bond acceptors (Lipinski definition) is 4. The van der Waals surface area contributed by atoms with Gasteiger partial charge in [-0.15, -0.1) is 11.3 Å². The molecule has 1 saturated heterocycles. The van der Waals surface area contributed by atoms with E-state index in [1.807, 2.05) is 6.20 Å². The summed E-state index contributed by atoms with van der Waals surface area (Å²) in [5.41, 5.74) is 0. The Bertz CT molecular complexity index is 336. The maximum Gasteiger partial charge on any atom is 0.183 e. The van der Waals surface area contributed by atoms with Gasteiger partial charge in [-0.25, -0.2) is 4.98 Å². The second-order valence-electron chi connectivity index (χ2n) is 4.61. The van der Waals surface area contributed by atoms with E-state index in [-0.39, 0.29) is 0 Å². The van der Waals surface area contributed by atoms with Crippen molar-refractivity contribution in [2.75, 3.05) is 19.6 Å². The van der Waals surface area contributed by atoms with Gasteiger partial charge < -0.3 is 5.32 Å². The molecule has 2 heterocycles. The molecule has 1 fully saturated rings. The van der Waals surface area contributed by atoms with Crippen molar-refractivity contribution in [1.29, 1.82) is 0 Å². The third-order valence-electron chi connectivity index (χ3n) is 3.09. The molecule has 1 atom stereocenters. The van der Waals surface area contributed by atoms with Crippen LogP contribution >= 0.6 is 22.9 Å². The predicted octanol–water partition coefficient (Wildman–Crippen LogP) is 2.76. The fraction of sp³-hybridized carbons (Fsp3) is 0.750. The van der Waals surface area contributed by atoms with E-state index in [2.05, 4.69) is 22.1 Å². The van der Waals surface area contributed by atoms with E-state index in [9.17, 15) is 0 Å². The van der Waals surface area contributed by atoms with Crippen LogP contribution in [0.2, 0.25) is 4.47 Å². The number of nitrogens with zero attached hydrogens (tertiary/aromatic N) is 2. The van der Waals surface area contributed by atoms with Crippen LogP contribution in [-0.2, 0) is 6.54 Å². The molecule has 0 bridgehead atoms. The van der Waals surface area contributed by atoms with Crippen LogP contribution in [0.3, 0.4) is 0 Å². The van der Waals surface area contributed by atoms with E-state index < -0.39 is 0 Å². The van der Waals surface area contributed by atoms with Crippen LogP contribution in [0.25, 0.3) is 0 Å². The molecule has 17 heavy (non-hydrogen) atoms. The summed E-state index contributed by atoms with van der Waals surface area (Å²) < 4.78 is 0.649. The Hall–Kier alpha value is -0.160. The zero-order valence-corrected chi connectivity index (χ0v) is 11.9. The number of hydrogen-bond donors (Lipinski definition) is 1. The molecule has 1 N–H and O–H groups in total. The van der Waals surface area contributed by atoms with Gasteiger partial charge in [-0.1, -0.05) is 18.5 Å². The number of rotatable bonds is 6. The molecule has 0 saturated carbocycles. The third-order valence-corrected chi connectivity index (χ3v) is 4.19. The maximum atomic E-state index is 5.87. The van der Waals surface area contributed by atoms with Gasteiger partial charge in [0.25, 0.3) is 0 Å². The van der Waals surface area contributed by atoms with E-state index in [4.69, 9.17) is 11.6 Å². The zero-order valence-electron chi connectivity index (χ0n) is 10.3. The minimum Gasteiger partial charge on any atom is -0.313 e. The lowest BCUT2D eigenvalue weighted by molar-refractivity contribution is 0.243. The largest absolute Gasteiger partial charge is 0.313 e. The number of halogens is 1. The van der Waals surface area contributed by atoms with E-state index in [0.717, 1.165) is 19.6 Å². The molecule has 1 unspecified atom stereocenters. The van der Waals surface area contributed by atoms with Crippen molar-refractivity contribution in [3.63, 3.8) is 0 Å². The van der Waals surface area contributed by atoms with Crippen LogP contribution < -0.4 is 5.32 Å². The molecule has 96 valence electrons. The van der Waals surface area contributed by atoms with Gasteiger partial charge in [0, 0.05) is 30.2 Å². The smallest absolute Gasteiger partial charge is 0.183 e. The number of aromatic nitrogens is 1. The van der Waals surface area contributed by atoms with E-state index in [1.54, 1.807) is 11.3 Å². The molecule has 0 aromatic carbocycles. The van der Waals surface area contributed by atoms with Crippen LogP contribution in [0.5, 0.6) is 0 Å². The highest BCUT2D eigenvalue weighted by atomic mass is 35.5. The molecule has 3 nitrogen and oxygen atoms in total. The Morgan fingerprint density at radius 1 is 1.65 bits per heavy atom. The van der Waals surface area contributed by atoms with Crippen LogP contribution in [-0.4, -0.2) is 35.6 Å². The first kappa shape index (κ1) is 13.3. The van der Waals surface area contributed by atoms with Gasteiger partial charge in [0.1, 0.15) is 0 Å². The average molecular weight is 274 g/mol. The number of thiazole rings is 1. The molecule has 1 aliphatic rings. The lowest BCUT2D eigenvalue weighted by Crippen LogP contribution is -2.37. The Balaban J connectivity index is 1.87.